The van der Waals surface area contributed by atoms with Gasteiger partial charge >= 0.3 is 0 Å². The zero-order valence-electron chi connectivity index (χ0n) is 16.1. The van der Waals surface area contributed by atoms with Crippen LogP contribution in [0.1, 0.15) is 64.2 Å². The van der Waals surface area contributed by atoms with Crippen molar-refractivity contribution >= 4 is 17.5 Å². The fraction of sp³-hybridized carbons (Fsp3) is 0.550. The van der Waals surface area contributed by atoms with Crippen molar-refractivity contribution in [3.63, 3.8) is 0 Å². The van der Waals surface area contributed by atoms with Gasteiger partial charge in [0, 0.05) is 18.0 Å². The minimum Gasteiger partial charge on any atom is -0.478 e. The summed E-state index contributed by atoms with van der Waals surface area (Å²) in [7, 11) is 0. The highest BCUT2D eigenvalue weighted by Gasteiger charge is 2.42. The number of hydrogen-bond acceptors (Lipinski definition) is 5. The fourth-order valence-electron chi connectivity index (χ4n) is 3.29. The SMILES string of the molecule is CCCCc1noc([C@@H]2CCCN2C(=O)C(C)(C)Oc2ccc(Cl)cc2)n1. The summed E-state index contributed by atoms with van der Waals surface area (Å²) >= 11 is 5.92. The molecule has 1 saturated heterocycles. The molecule has 0 unspecified atom stereocenters. The van der Waals surface area contributed by atoms with Crippen molar-refractivity contribution in [1.29, 1.82) is 0 Å². The summed E-state index contributed by atoms with van der Waals surface area (Å²) in [4.78, 5) is 19.5. The summed E-state index contributed by atoms with van der Waals surface area (Å²) in [5.74, 6) is 1.75. The van der Waals surface area contributed by atoms with E-state index in [1.54, 1.807) is 43.0 Å². The van der Waals surface area contributed by atoms with Crippen LogP contribution in [0.5, 0.6) is 5.75 Å². The van der Waals surface area contributed by atoms with Crippen molar-refractivity contribution < 1.29 is 14.1 Å². The number of nitrogens with zero attached hydrogens (tertiary/aromatic N) is 3. The summed E-state index contributed by atoms with van der Waals surface area (Å²) < 4.78 is 11.4. The van der Waals surface area contributed by atoms with E-state index in [1.807, 2.05) is 0 Å². The number of benzene rings is 1. The zero-order valence-corrected chi connectivity index (χ0v) is 16.8. The molecule has 146 valence electrons. The summed E-state index contributed by atoms with van der Waals surface area (Å²) in [5, 5.41) is 4.69. The van der Waals surface area contributed by atoms with Crippen molar-refractivity contribution in [1.82, 2.24) is 15.0 Å². The molecule has 2 heterocycles. The van der Waals surface area contributed by atoms with Crippen LogP contribution in [0.3, 0.4) is 0 Å². The summed E-state index contributed by atoms with van der Waals surface area (Å²) in [5.41, 5.74) is -1.01. The first-order valence-electron chi connectivity index (χ1n) is 9.49. The lowest BCUT2D eigenvalue weighted by atomic mass is 10.1. The average molecular weight is 392 g/mol. The van der Waals surface area contributed by atoms with Crippen molar-refractivity contribution in [2.24, 2.45) is 0 Å². The number of hydrogen-bond donors (Lipinski definition) is 0. The van der Waals surface area contributed by atoms with E-state index in [1.165, 1.54) is 0 Å². The van der Waals surface area contributed by atoms with Crippen molar-refractivity contribution in [3.8, 4) is 5.75 Å². The normalized spacial score (nSPS) is 17.3. The number of unbranched alkanes of at least 4 members (excludes halogenated alkanes) is 1. The Morgan fingerprint density at radius 1 is 1.37 bits per heavy atom. The highest BCUT2D eigenvalue weighted by Crippen LogP contribution is 2.34. The number of halogens is 1. The van der Waals surface area contributed by atoms with Gasteiger partial charge in [-0.1, -0.05) is 30.1 Å². The van der Waals surface area contributed by atoms with Gasteiger partial charge in [0.25, 0.3) is 5.91 Å². The molecule has 7 heteroatoms. The van der Waals surface area contributed by atoms with Gasteiger partial charge in [0.2, 0.25) is 5.89 Å². The largest absolute Gasteiger partial charge is 0.478 e. The van der Waals surface area contributed by atoms with E-state index >= 15 is 0 Å². The molecule has 0 spiro atoms. The molecule has 0 N–H and O–H groups in total. The van der Waals surface area contributed by atoms with Crippen LogP contribution in [0, 0.1) is 0 Å². The van der Waals surface area contributed by atoms with E-state index in [2.05, 4.69) is 17.1 Å². The highest BCUT2D eigenvalue weighted by atomic mass is 35.5. The number of ether oxygens (including phenoxy) is 1. The molecule has 27 heavy (non-hydrogen) atoms. The molecule has 1 aromatic carbocycles. The first-order chi connectivity index (χ1) is 12.9. The lowest BCUT2D eigenvalue weighted by Gasteiger charge is -2.32. The fourth-order valence-corrected chi connectivity index (χ4v) is 3.42. The Morgan fingerprint density at radius 2 is 2.11 bits per heavy atom. The Bertz CT molecular complexity index is 773. The molecule has 1 aliphatic rings. The monoisotopic (exact) mass is 391 g/mol. The second-order valence-corrected chi connectivity index (χ2v) is 7.81. The summed E-state index contributed by atoms with van der Waals surface area (Å²) in [6, 6.07) is 6.82. The van der Waals surface area contributed by atoms with Crippen molar-refractivity contribution in [2.75, 3.05) is 6.54 Å². The standard InChI is InChI=1S/C20H26ClN3O3/c1-4-5-8-17-22-18(27-23-17)16-7-6-13-24(16)19(25)20(2,3)26-15-11-9-14(21)10-12-15/h9-12,16H,4-8,13H2,1-3H3/t16-/m0/s1. The third-order valence-electron chi connectivity index (χ3n) is 4.74. The number of rotatable bonds is 7. The highest BCUT2D eigenvalue weighted by molar-refractivity contribution is 6.30. The van der Waals surface area contributed by atoms with E-state index in [4.69, 9.17) is 20.9 Å². The predicted octanol–water partition coefficient (Wildman–Crippen LogP) is 4.59. The third kappa shape index (κ3) is 4.61. The Balaban J connectivity index is 1.72. The lowest BCUT2D eigenvalue weighted by molar-refractivity contribution is -0.147. The number of carbonyl (C=O) groups excluding carboxylic acids is 1. The van der Waals surface area contributed by atoms with Crippen molar-refractivity contribution in [3.05, 3.63) is 41.0 Å². The number of carbonyl (C=O) groups is 1. The van der Waals surface area contributed by atoms with Crippen LogP contribution in [0.4, 0.5) is 0 Å². The van der Waals surface area contributed by atoms with E-state index in [9.17, 15) is 4.79 Å². The molecule has 1 aromatic heterocycles. The quantitative estimate of drug-likeness (QED) is 0.690. The molecule has 2 aromatic rings. The van der Waals surface area contributed by atoms with Crippen LogP contribution in [0.25, 0.3) is 0 Å². The van der Waals surface area contributed by atoms with Crippen LogP contribution in [0.15, 0.2) is 28.8 Å². The van der Waals surface area contributed by atoms with Crippen LogP contribution >= 0.6 is 11.6 Å². The molecular formula is C20H26ClN3O3. The number of aryl methyl sites for hydroxylation is 1. The third-order valence-corrected chi connectivity index (χ3v) is 4.99. The topological polar surface area (TPSA) is 68.5 Å². The molecule has 1 aliphatic heterocycles. The van der Waals surface area contributed by atoms with Gasteiger partial charge in [0.1, 0.15) is 11.8 Å². The molecule has 0 aliphatic carbocycles. The minimum atomic E-state index is -1.01. The molecule has 6 nitrogen and oxygen atoms in total. The molecule has 0 bridgehead atoms. The number of amides is 1. The van der Waals surface area contributed by atoms with E-state index in [0.29, 0.717) is 29.0 Å². The lowest BCUT2D eigenvalue weighted by Crippen LogP contribution is -2.48. The van der Waals surface area contributed by atoms with Gasteiger partial charge in [-0.2, -0.15) is 4.98 Å². The smallest absolute Gasteiger partial charge is 0.266 e. The first kappa shape index (κ1) is 19.7. The maximum absolute atomic E-state index is 13.2. The number of likely N-dealkylation sites (tertiary alicyclic amines) is 1. The van der Waals surface area contributed by atoms with Gasteiger partial charge in [-0.05, 0) is 57.4 Å². The minimum absolute atomic E-state index is 0.0896. The second kappa shape index (κ2) is 8.30. The summed E-state index contributed by atoms with van der Waals surface area (Å²) in [6.07, 6.45) is 4.62. The number of aromatic nitrogens is 2. The van der Waals surface area contributed by atoms with E-state index < -0.39 is 5.60 Å². The van der Waals surface area contributed by atoms with Crippen LogP contribution < -0.4 is 4.74 Å². The van der Waals surface area contributed by atoms with Crippen molar-refractivity contribution in [2.45, 2.75) is 64.5 Å². The van der Waals surface area contributed by atoms with Crippen LogP contribution in [-0.4, -0.2) is 33.1 Å². The van der Waals surface area contributed by atoms with Gasteiger partial charge in [-0.15, -0.1) is 0 Å². The maximum atomic E-state index is 13.2. The van der Waals surface area contributed by atoms with Gasteiger partial charge in [0.15, 0.2) is 11.4 Å². The van der Waals surface area contributed by atoms with E-state index in [-0.39, 0.29) is 11.9 Å². The molecule has 1 amide bonds. The average Bonchev–Trinajstić information content (AvgIpc) is 3.30. The maximum Gasteiger partial charge on any atom is 0.266 e. The molecule has 1 fully saturated rings. The van der Waals surface area contributed by atoms with Crippen LogP contribution in [0.2, 0.25) is 5.02 Å². The summed E-state index contributed by atoms with van der Waals surface area (Å²) in [6.45, 7) is 6.34. The zero-order chi connectivity index (χ0) is 19.4. The van der Waals surface area contributed by atoms with Gasteiger partial charge in [-0.25, -0.2) is 0 Å². The van der Waals surface area contributed by atoms with Gasteiger partial charge in [-0.3, -0.25) is 4.79 Å². The van der Waals surface area contributed by atoms with Gasteiger partial charge < -0.3 is 14.2 Å². The van der Waals surface area contributed by atoms with Crippen LogP contribution in [-0.2, 0) is 11.2 Å². The Morgan fingerprint density at radius 3 is 2.81 bits per heavy atom. The molecular weight excluding hydrogens is 366 g/mol. The van der Waals surface area contributed by atoms with E-state index in [0.717, 1.165) is 32.1 Å². The van der Waals surface area contributed by atoms with Gasteiger partial charge in [0.05, 0.1) is 0 Å². The first-order valence-corrected chi connectivity index (χ1v) is 9.86. The molecule has 0 radical (unpaired) electrons. The molecule has 1 atom stereocenters. The Hall–Kier alpha value is -2.08. The Labute approximate surface area is 164 Å². The molecule has 0 saturated carbocycles. The predicted molar refractivity (Wildman–Crippen MR) is 103 cm³/mol. The second-order valence-electron chi connectivity index (χ2n) is 7.38. The Kier molecular flexibility index (Phi) is 6.05. The molecule has 3 rings (SSSR count).